The van der Waals surface area contributed by atoms with Crippen molar-refractivity contribution in [2.45, 2.75) is 69.8 Å². The third-order valence-electron chi connectivity index (χ3n) is 9.13. The second-order valence-corrected chi connectivity index (χ2v) is 20.5. The van der Waals surface area contributed by atoms with Gasteiger partial charge >= 0.3 is 263 Å². The maximum absolute atomic E-state index is 2.72. The Labute approximate surface area is 285 Å². The van der Waals surface area contributed by atoms with Crippen LogP contribution >= 0.6 is 0 Å². The first-order valence-electron chi connectivity index (χ1n) is 15.5. The number of hydrogen-bond acceptors (Lipinski definition) is 0. The Morgan fingerprint density at radius 1 is 0.614 bits per heavy atom. The van der Waals surface area contributed by atoms with Crippen molar-refractivity contribution in [3.63, 3.8) is 0 Å². The van der Waals surface area contributed by atoms with E-state index in [4.69, 9.17) is 0 Å². The molecule has 6 rings (SSSR count). The zero-order valence-electron chi connectivity index (χ0n) is 27.3. The smallest absolute Gasteiger partial charge is 1.00 e. The van der Waals surface area contributed by atoms with Gasteiger partial charge in [-0.2, -0.15) is 0 Å². The second kappa shape index (κ2) is 13.2. The Balaban J connectivity index is 0.00000221. The predicted octanol–water partition coefficient (Wildman–Crippen LogP) is 4.73. The summed E-state index contributed by atoms with van der Waals surface area (Å²) in [5, 5.41) is 0. The first kappa shape index (κ1) is 34.6. The molecule has 4 aromatic carbocycles. The van der Waals surface area contributed by atoms with Gasteiger partial charge in [0.05, 0.1) is 0 Å². The standard InChI is InChI=1S/C21H25.C13H10.C7H9.2ClH.Zr/c1-20(2,3)16-9-7-14-11-15-8-10-17(21(4,5)6)13-19(15)18(14)12-16;1-3-7-12(8-4-1)11-13-9-5-2-6-10-13;1-6-3-4-7(2)5-6;;;/h7-13H,1-6H3;1-10H;3,5,7H,1-2H3;2*1H;/q;;;;;+2/p-2. The van der Waals surface area contributed by atoms with E-state index in [1.807, 2.05) is 0 Å². The minimum absolute atomic E-state index is 0. The van der Waals surface area contributed by atoms with Crippen LogP contribution in [0, 0.1) is 5.92 Å². The van der Waals surface area contributed by atoms with Crippen LogP contribution in [0.1, 0.15) is 92.4 Å². The van der Waals surface area contributed by atoms with E-state index >= 15 is 0 Å². The maximum Gasteiger partial charge on any atom is -1.00 e. The Hall–Kier alpha value is -2.31. The molecule has 0 aliphatic heterocycles. The van der Waals surface area contributed by atoms with Crippen LogP contribution in [0.4, 0.5) is 0 Å². The van der Waals surface area contributed by atoms with Crippen molar-refractivity contribution in [3.05, 3.63) is 151 Å². The molecule has 226 valence electrons. The molecule has 2 aliphatic carbocycles. The van der Waals surface area contributed by atoms with Gasteiger partial charge < -0.3 is 24.8 Å². The molecule has 44 heavy (non-hydrogen) atoms. The molecule has 0 saturated carbocycles. The van der Waals surface area contributed by atoms with E-state index in [1.54, 1.807) is 17.6 Å². The van der Waals surface area contributed by atoms with Gasteiger partial charge in [0.15, 0.2) is 0 Å². The molecule has 1 atom stereocenters. The Morgan fingerprint density at radius 2 is 1.05 bits per heavy atom. The van der Waals surface area contributed by atoms with Gasteiger partial charge in [-0.05, 0) is 0 Å². The third kappa shape index (κ3) is 6.49. The minimum atomic E-state index is -2.72. The second-order valence-electron chi connectivity index (χ2n) is 14.4. The number of hydrogen-bond donors (Lipinski definition) is 0. The molecule has 0 N–H and O–H groups in total. The zero-order chi connectivity index (χ0) is 29.8. The molecule has 0 spiro atoms. The molecule has 0 bridgehead atoms. The van der Waals surface area contributed by atoms with Gasteiger partial charge in [0.25, 0.3) is 0 Å². The van der Waals surface area contributed by atoms with Crippen LogP contribution in [-0.4, -0.2) is 3.21 Å². The molecule has 0 heterocycles. The average molecular weight is 699 g/mol. The first-order valence-corrected chi connectivity index (χ1v) is 19.4. The fourth-order valence-corrected chi connectivity index (χ4v) is 16.6. The van der Waals surface area contributed by atoms with E-state index in [1.165, 1.54) is 39.0 Å². The molecule has 0 aromatic heterocycles. The maximum atomic E-state index is 2.57. The summed E-state index contributed by atoms with van der Waals surface area (Å²) >= 11 is -2.72. The van der Waals surface area contributed by atoms with Crippen molar-refractivity contribution < 1.29 is 46.1 Å². The van der Waals surface area contributed by atoms with E-state index in [0.29, 0.717) is 9.54 Å². The molecule has 0 amide bonds. The zero-order valence-corrected chi connectivity index (χ0v) is 31.3. The summed E-state index contributed by atoms with van der Waals surface area (Å²) in [6.45, 7) is 18.7. The number of allylic oxidation sites excluding steroid dienone is 4. The molecule has 3 heteroatoms. The number of rotatable bonds is 4. The molecule has 4 aromatic rings. The largest absolute Gasteiger partial charge is 1.00 e. The van der Waals surface area contributed by atoms with Crippen molar-refractivity contribution in [2.75, 3.05) is 0 Å². The summed E-state index contributed by atoms with van der Waals surface area (Å²) in [6, 6.07) is 37.5. The van der Waals surface area contributed by atoms with Crippen LogP contribution in [0.25, 0.3) is 11.1 Å². The number of benzene rings is 4. The van der Waals surface area contributed by atoms with Crippen molar-refractivity contribution in [1.29, 1.82) is 0 Å². The van der Waals surface area contributed by atoms with E-state index in [9.17, 15) is 0 Å². The van der Waals surface area contributed by atoms with Crippen LogP contribution < -0.4 is 24.8 Å². The summed E-state index contributed by atoms with van der Waals surface area (Å²) < 4.78 is 3.74. The molecule has 0 saturated heterocycles. The van der Waals surface area contributed by atoms with Crippen LogP contribution in [0.2, 0.25) is 0 Å². The topological polar surface area (TPSA) is 0 Å². The van der Waals surface area contributed by atoms with Gasteiger partial charge in [0.1, 0.15) is 0 Å². The normalized spacial score (nSPS) is 15.6. The fraction of sp³-hybridized carbons (Fsp3) is 0.293. The minimum Gasteiger partial charge on any atom is -1.00 e. The summed E-state index contributed by atoms with van der Waals surface area (Å²) in [7, 11) is 0. The van der Waals surface area contributed by atoms with E-state index < -0.39 is 21.3 Å². The van der Waals surface area contributed by atoms with Crippen LogP contribution in [0.3, 0.4) is 0 Å². The molecule has 0 radical (unpaired) electrons. The summed E-state index contributed by atoms with van der Waals surface area (Å²) in [6.07, 6.45) is 5.06. The third-order valence-corrected chi connectivity index (χ3v) is 17.8. The number of fused-ring (bicyclic) bond motifs is 3. The molecule has 0 fully saturated rings. The van der Waals surface area contributed by atoms with E-state index in [-0.39, 0.29) is 35.6 Å². The Morgan fingerprint density at radius 3 is 1.41 bits per heavy atom. The van der Waals surface area contributed by atoms with Crippen LogP contribution in [-0.2, 0) is 32.1 Å². The molecule has 1 unspecified atom stereocenters. The van der Waals surface area contributed by atoms with Gasteiger partial charge in [0.2, 0.25) is 0 Å². The van der Waals surface area contributed by atoms with E-state index in [2.05, 4.69) is 165 Å². The molecular weight excluding hydrogens is 655 g/mol. The van der Waals surface area contributed by atoms with Gasteiger partial charge in [-0.1, -0.05) is 0 Å². The van der Waals surface area contributed by atoms with Crippen molar-refractivity contribution in [2.24, 2.45) is 5.92 Å². The average Bonchev–Trinajstić information content (AvgIpc) is 3.46. The molecule has 0 nitrogen and oxygen atoms in total. The molecular formula is C41H44Cl2Zr. The van der Waals surface area contributed by atoms with Gasteiger partial charge in [-0.15, -0.1) is 0 Å². The van der Waals surface area contributed by atoms with E-state index in [0.717, 1.165) is 0 Å². The SMILES string of the molecule is CC1=CC(C)[C]([Zr+2](=[C](c2ccccc2)c2ccccc2)[CH]2c3ccc(C(C)(C)C)cc3-c3cc(C(C)(C)C)ccc32)=C1.[Cl-].[Cl-]. The monoisotopic (exact) mass is 696 g/mol. The summed E-state index contributed by atoms with van der Waals surface area (Å²) in [4.78, 5) is 0. The Kier molecular flexibility index (Phi) is 10.4. The summed E-state index contributed by atoms with van der Waals surface area (Å²) in [5.74, 6) is 0.469. The molecule has 2 aliphatic rings. The number of halogens is 2. The van der Waals surface area contributed by atoms with Crippen LogP contribution in [0.15, 0.2) is 118 Å². The quantitative estimate of drug-likeness (QED) is 0.290. The Bertz CT molecular complexity index is 1640. The van der Waals surface area contributed by atoms with Crippen LogP contribution in [0.5, 0.6) is 0 Å². The summed E-state index contributed by atoms with van der Waals surface area (Å²) in [5.41, 5.74) is 13.2. The predicted molar refractivity (Wildman–Crippen MR) is 178 cm³/mol. The van der Waals surface area contributed by atoms with Gasteiger partial charge in [0, 0.05) is 0 Å². The fourth-order valence-electron chi connectivity index (χ4n) is 6.87. The van der Waals surface area contributed by atoms with Gasteiger partial charge in [-0.3, -0.25) is 0 Å². The van der Waals surface area contributed by atoms with Crippen molar-refractivity contribution >= 4 is 3.21 Å². The first-order chi connectivity index (χ1) is 19.9. The van der Waals surface area contributed by atoms with Crippen molar-refractivity contribution in [1.82, 2.24) is 0 Å². The van der Waals surface area contributed by atoms with Crippen molar-refractivity contribution in [3.8, 4) is 11.1 Å². The van der Waals surface area contributed by atoms with Gasteiger partial charge in [-0.25, -0.2) is 0 Å².